The zero-order chi connectivity index (χ0) is 15.4. The van der Waals surface area contributed by atoms with Gasteiger partial charge in [-0.25, -0.2) is 0 Å². The maximum atomic E-state index is 12.5. The lowest BCUT2D eigenvalue weighted by atomic mass is 9.82. The smallest absolute Gasteiger partial charge is 0.307 e. The molecule has 0 heterocycles. The van der Waals surface area contributed by atoms with Crippen LogP contribution in [0.1, 0.15) is 18.4 Å². The van der Waals surface area contributed by atoms with E-state index in [1.807, 2.05) is 36.4 Å². The van der Waals surface area contributed by atoms with Gasteiger partial charge in [0.15, 0.2) is 0 Å². The Morgan fingerprint density at radius 3 is 2.57 bits per heavy atom. The molecule has 112 valence electrons. The van der Waals surface area contributed by atoms with Crippen LogP contribution >= 0.6 is 15.9 Å². The molecule has 4 nitrogen and oxygen atoms in total. The first-order valence-electron chi connectivity index (χ1n) is 6.86. The summed E-state index contributed by atoms with van der Waals surface area (Å²) >= 11 is 3.40. The van der Waals surface area contributed by atoms with Crippen molar-refractivity contribution in [3.05, 3.63) is 46.5 Å². The Hall–Kier alpha value is -1.62. The number of nitrogens with zero attached hydrogens (tertiary/aromatic N) is 1. The van der Waals surface area contributed by atoms with E-state index < -0.39 is 17.8 Å². The van der Waals surface area contributed by atoms with Crippen molar-refractivity contribution in [1.29, 1.82) is 0 Å². The molecule has 2 unspecified atom stereocenters. The minimum Gasteiger partial charge on any atom is -0.481 e. The van der Waals surface area contributed by atoms with Crippen molar-refractivity contribution in [2.45, 2.75) is 19.4 Å². The summed E-state index contributed by atoms with van der Waals surface area (Å²) in [7, 11) is 1.72. The number of benzene rings is 1. The van der Waals surface area contributed by atoms with Crippen molar-refractivity contribution >= 4 is 27.8 Å². The number of carbonyl (C=O) groups is 2. The first-order valence-corrected chi connectivity index (χ1v) is 7.65. The largest absolute Gasteiger partial charge is 0.481 e. The van der Waals surface area contributed by atoms with Gasteiger partial charge in [0, 0.05) is 18.1 Å². The summed E-state index contributed by atoms with van der Waals surface area (Å²) in [4.78, 5) is 25.4. The number of hydrogen-bond donors (Lipinski definition) is 1. The number of hydrogen-bond acceptors (Lipinski definition) is 2. The fraction of sp³-hybridized carbons (Fsp3) is 0.375. The van der Waals surface area contributed by atoms with Crippen LogP contribution in [0.4, 0.5) is 0 Å². The minimum absolute atomic E-state index is 0.105. The van der Waals surface area contributed by atoms with Gasteiger partial charge in [-0.2, -0.15) is 0 Å². The van der Waals surface area contributed by atoms with E-state index in [0.717, 1.165) is 10.0 Å². The molecule has 1 aromatic rings. The van der Waals surface area contributed by atoms with Crippen molar-refractivity contribution in [3.63, 3.8) is 0 Å². The number of carbonyl (C=O) groups excluding carboxylic acids is 1. The van der Waals surface area contributed by atoms with Gasteiger partial charge in [0.2, 0.25) is 5.91 Å². The molecular weight excluding hydrogens is 334 g/mol. The molecule has 5 heteroatoms. The molecule has 1 aromatic carbocycles. The normalized spacial score (nSPS) is 21.0. The van der Waals surface area contributed by atoms with Crippen LogP contribution in [-0.2, 0) is 16.1 Å². The zero-order valence-corrected chi connectivity index (χ0v) is 13.4. The highest BCUT2D eigenvalue weighted by Crippen LogP contribution is 2.28. The van der Waals surface area contributed by atoms with Crippen molar-refractivity contribution in [3.8, 4) is 0 Å². The summed E-state index contributed by atoms with van der Waals surface area (Å²) in [5, 5.41) is 9.25. The molecule has 0 aliphatic heterocycles. The number of aliphatic carboxylic acids is 1. The summed E-state index contributed by atoms with van der Waals surface area (Å²) in [6.45, 7) is 0.477. The molecule has 0 fully saturated rings. The maximum Gasteiger partial charge on any atom is 0.307 e. The molecule has 2 rings (SSSR count). The average molecular weight is 352 g/mol. The summed E-state index contributed by atoms with van der Waals surface area (Å²) in [6.07, 6.45) is 4.67. The molecule has 0 bridgehead atoms. The molecule has 1 amide bonds. The van der Waals surface area contributed by atoms with E-state index in [9.17, 15) is 14.7 Å². The lowest BCUT2D eigenvalue weighted by molar-refractivity contribution is -0.150. The van der Waals surface area contributed by atoms with Crippen LogP contribution in [-0.4, -0.2) is 28.9 Å². The van der Waals surface area contributed by atoms with Gasteiger partial charge in [0.1, 0.15) is 0 Å². The van der Waals surface area contributed by atoms with Crippen molar-refractivity contribution < 1.29 is 14.7 Å². The van der Waals surface area contributed by atoms with Crippen LogP contribution in [0.5, 0.6) is 0 Å². The molecule has 1 aliphatic carbocycles. The van der Waals surface area contributed by atoms with E-state index in [1.54, 1.807) is 11.9 Å². The Labute approximate surface area is 132 Å². The SMILES string of the molecule is CN(Cc1cccc(Br)c1)C(=O)C1CC=CCC1C(=O)O. The Bertz CT molecular complexity index is 570. The monoisotopic (exact) mass is 351 g/mol. The molecule has 0 radical (unpaired) electrons. The Morgan fingerprint density at radius 2 is 1.95 bits per heavy atom. The Balaban J connectivity index is 2.07. The van der Waals surface area contributed by atoms with Gasteiger partial charge < -0.3 is 10.0 Å². The summed E-state index contributed by atoms with van der Waals surface area (Å²) < 4.78 is 0.963. The van der Waals surface area contributed by atoms with Gasteiger partial charge in [-0.3, -0.25) is 9.59 Å². The lowest BCUT2D eigenvalue weighted by Crippen LogP contribution is -2.39. The summed E-state index contributed by atoms with van der Waals surface area (Å²) in [5.41, 5.74) is 1.01. The highest BCUT2D eigenvalue weighted by molar-refractivity contribution is 9.10. The predicted molar refractivity (Wildman–Crippen MR) is 83.6 cm³/mol. The Morgan fingerprint density at radius 1 is 1.29 bits per heavy atom. The number of rotatable bonds is 4. The van der Waals surface area contributed by atoms with E-state index in [2.05, 4.69) is 15.9 Å². The first kappa shape index (κ1) is 15.8. The third-order valence-electron chi connectivity index (χ3n) is 3.75. The van der Waals surface area contributed by atoms with Crippen molar-refractivity contribution in [1.82, 2.24) is 4.90 Å². The fourth-order valence-electron chi connectivity index (χ4n) is 2.63. The predicted octanol–water partition coefficient (Wildman–Crippen LogP) is 3.07. The number of carboxylic acids is 1. The minimum atomic E-state index is -0.895. The van der Waals surface area contributed by atoms with E-state index in [-0.39, 0.29) is 5.91 Å². The van der Waals surface area contributed by atoms with Crippen LogP contribution in [0.2, 0.25) is 0 Å². The summed E-state index contributed by atoms with van der Waals surface area (Å²) in [5.74, 6) is -2.09. The molecule has 0 saturated carbocycles. The second-order valence-electron chi connectivity index (χ2n) is 5.32. The third kappa shape index (κ3) is 3.94. The van der Waals surface area contributed by atoms with Gasteiger partial charge in [-0.15, -0.1) is 0 Å². The van der Waals surface area contributed by atoms with Gasteiger partial charge in [0.05, 0.1) is 11.8 Å². The third-order valence-corrected chi connectivity index (χ3v) is 4.25. The molecule has 1 aliphatic rings. The van der Waals surface area contributed by atoms with E-state index in [4.69, 9.17) is 0 Å². The van der Waals surface area contributed by atoms with Crippen LogP contribution < -0.4 is 0 Å². The maximum absolute atomic E-state index is 12.5. The van der Waals surface area contributed by atoms with Crippen molar-refractivity contribution in [2.75, 3.05) is 7.05 Å². The molecule has 1 N–H and O–H groups in total. The molecule has 2 atom stereocenters. The number of carboxylic acid groups (broad SMARTS) is 1. The van der Waals surface area contributed by atoms with Gasteiger partial charge in [0.25, 0.3) is 0 Å². The molecule has 0 aromatic heterocycles. The van der Waals surface area contributed by atoms with E-state index in [0.29, 0.717) is 19.4 Å². The molecule has 0 spiro atoms. The van der Waals surface area contributed by atoms with E-state index >= 15 is 0 Å². The van der Waals surface area contributed by atoms with Crippen LogP contribution in [0.15, 0.2) is 40.9 Å². The standard InChI is InChI=1S/C16H18BrNO3/c1-18(10-11-5-4-6-12(17)9-11)15(19)13-7-2-3-8-14(13)16(20)21/h2-6,9,13-14H,7-8,10H2,1H3,(H,20,21). The van der Waals surface area contributed by atoms with Crippen LogP contribution in [0.3, 0.4) is 0 Å². The number of allylic oxidation sites excluding steroid dienone is 2. The quantitative estimate of drug-likeness (QED) is 0.848. The van der Waals surface area contributed by atoms with Gasteiger partial charge >= 0.3 is 5.97 Å². The lowest BCUT2D eigenvalue weighted by Gasteiger charge is -2.28. The molecule has 0 saturated heterocycles. The highest BCUT2D eigenvalue weighted by Gasteiger charge is 2.35. The molecule has 21 heavy (non-hydrogen) atoms. The van der Waals surface area contributed by atoms with Crippen LogP contribution in [0, 0.1) is 11.8 Å². The van der Waals surface area contributed by atoms with Crippen LogP contribution in [0.25, 0.3) is 0 Å². The second-order valence-corrected chi connectivity index (χ2v) is 6.23. The fourth-order valence-corrected chi connectivity index (χ4v) is 3.08. The second kappa shape index (κ2) is 6.89. The zero-order valence-electron chi connectivity index (χ0n) is 11.8. The summed E-state index contributed by atoms with van der Waals surface area (Å²) in [6, 6.07) is 7.75. The van der Waals surface area contributed by atoms with Gasteiger partial charge in [-0.05, 0) is 30.5 Å². The number of amides is 1. The van der Waals surface area contributed by atoms with Gasteiger partial charge in [-0.1, -0.05) is 40.2 Å². The average Bonchev–Trinajstić information content (AvgIpc) is 2.46. The first-order chi connectivity index (χ1) is 9.99. The Kier molecular flexibility index (Phi) is 5.17. The number of halogens is 1. The molecular formula is C16H18BrNO3. The van der Waals surface area contributed by atoms with Crippen molar-refractivity contribution in [2.24, 2.45) is 11.8 Å². The topological polar surface area (TPSA) is 57.6 Å². The highest BCUT2D eigenvalue weighted by atomic mass is 79.9. The van der Waals surface area contributed by atoms with E-state index in [1.165, 1.54) is 0 Å².